The Morgan fingerprint density at radius 1 is 1.09 bits per heavy atom. The second-order valence-corrected chi connectivity index (χ2v) is 11.0. The van der Waals surface area contributed by atoms with Crippen molar-refractivity contribution in [2.24, 2.45) is 0 Å². The van der Waals surface area contributed by atoms with Crippen LogP contribution >= 0.6 is 11.8 Å². The minimum absolute atomic E-state index is 0.0902. The summed E-state index contributed by atoms with van der Waals surface area (Å²) in [6.45, 7) is 5.58. The lowest BCUT2D eigenvalue weighted by molar-refractivity contribution is -0.161. The summed E-state index contributed by atoms with van der Waals surface area (Å²) in [6, 6.07) is 17.5. The van der Waals surface area contributed by atoms with Gasteiger partial charge in [-0.1, -0.05) is 60.7 Å². The molecule has 0 unspecified atom stereocenters. The van der Waals surface area contributed by atoms with Crippen molar-refractivity contribution in [1.82, 2.24) is 15.5 Å². The topological polar surface area (TPSA) is 119 Å². The van der Waals surface area contributed by atoms with Crippen LogP contribution in [0.15, 0.2) is 60.7 Å². The van der Waals surface area contributed by atoms with Crippen LogP contribution in [-0.2, 0) is 20.8 Å². The maximum Gasteiger partial charge on any atom is 0.327 e. The molecule has 35 heavy (non-hydrogen) atoms. The molecule has 2 aromatic carbocycles. The van der Waals surface area contributed by atoms with Crippen LogP contribution in [0.4, 0.5) is 0 Å². The number of carbonyl (C=O) groups is 3. The summed E-state index contributed by atoms with van der Waals surface area (Å²) >= 11 is 1.42. The summed E-state index contributed by atoms with van der Waals surface area (Å²) in [7, 11) is 1.84. The Kier molecular flexibility index (Phi) is 8.58. The number of rotatable bonds is 7. The smallest absolute Gasteiger partial charge is 0.327 e. The van der Waals surface area contributed by atoms with E-state index < -0.39 is 28.9 Å². The molecule has 0 aromatic heterocycles. The zero-order chi connectivity index (χ0) is 25.8. The third kappa shape index (κ3) is 6.04. The van der Waals surface area contributed by atoms with Gasteiger partial charge in [0.15, 0.2) is 0 Å². The molecule has 0 saturated carbocycles. The highest BCUT2D eigenvalue weighted by Crippen LogP contribution is 2.50. The molecule has 4 N–H and O–H groups in total. The first-order valence-electron chi connectivity index (χ1n) is 11.5. The van der Waals surface area contributed by atoms with Gasteiger partial charge in [0.25, 0.3) is 0 Å². The molecule has 2 heterocycles. The van der Waals surface area contributed by atoms with Gasteiger partial charge in [-0.2, -0.15) is 0 Å². The molecule has 2 aliphatic rings. The van der Waals surface area contributed by atoms with Crippen molar-refractivity contribution in [3.63, 3.8) is 0 Å². The molecular weight excluding hydrogens is 466 g/mol. The van der Waals surface area contributed by atoms with E-state index in [1.165, 1.54) is 16.7 Å². The van der Waals surface area contributed by atoms with Crippen molar-refractivity contribution in [3.8, 4) is 0 Å². The van der Waals surface area contributed by atoms with Crippen molar-refractivity contribution < 1.29 is 24.6 Å². The Morgan fingerprint density at radius 2 is 1.66 bits per heavy atom. The highest BCUT2D eigenvalue weighted by Gasteiger charge is 2.64. The summed E-state index contributed by atoms with van der Waals surface area (Å²) < 4.78 is -0.578. The van der Waals surface area contributed by atoms with Gasteiger partial charge >= 0.3 is 5.97 Å². The maximum atomic E-state index is 12.3. The summed E-state index contributed by atoms with van der Waals surface area (Å²) in [5, 5.41) is 24.5. The van der Waals surface area contributed by atoms with E-state index >= 15 is 0 Å². The van der Waals surface area contributed by atoms with Gasteiger partial charge in [-0.15, -0.1) is 11.8 Å². The zero-order valence-electron chi connectivity index (χ0n) is 20.3. The van der Waals surface area contributed by atoms with Crippen molar-refractivity contribution in [1.29, 1.82) is 0 Å². The number of benzene rings is 2. The molecular formula is C26H33N3O5S. The molecule has 2 aliphatic heterocycles. The number of hydrogen-bond donors (Lipinski definition) is 4. The highest BCUT2D eigenvalue weighted by atomic mass is 32.2. The van der Waals surface area contributed by atoms with Gasteiger partial charge in [0, 0.05) is 10.8 Å². The van der Waals surface area contributed by atoms with Crippen molar-refractivity contribution in [2.45, 2.75) is 61.5 Å². The quantitative estimate of drug-likeness (QED) is 0.431. The molecule has 5 atom stereocenters. The number of amides is 2. The number of fused-ring (bicyclic) bond motifs is 1. The number of hydrogen-bond acceptors (Lipinski definition) is 6. The van der Waals surface area contributed by atoms with E-state index in [-0.39, 0.29) is 29.7 Å². The molecule has 0 radical (unpaired) electrons. The lowest BCUT2D eigenvalue weighted by Gasteiger charge is -2.43. The molecule has 4 rings (SSSR count). The van der Waals surface area contributed by atoms with Crippen LogP contribution in [-0.4, -0.2) is 68.2 Å². The molecule has 0 bridgehead atoms. The predicted octanol–water partition coefficient (Wildman–Crippen LogP) is 2.19. The van der Waals surface area contributed by atoms with Gasteiger partial charge in [-0.05, 0) is 38.9 Å². The molecule has 2 saturated heterocycles. The van der Waals surface area contributed by atoms with Gasteiger partial charge in [0.1, 0.15) is 17.5 Å². The molecule has 0 aliphatic carbocycles. The molecule has 9 heteroatoms. The molecule has 0 spiro atoms. The van der Waals surface area contributed by atoms with E-state index in [9.17, 15) is 24.6 Å². The van der Waals surface area contributed by atoms with Gasteiger partial charge in [-0.25, -0.2) is 4.79 Å². The minimum atomic E-state index is -1.01. The molecule has 2 aromatic rings. The van der Waals surface area contributed by atoms with Crippen LogP contribution in [0.5, 0.6) is 0 Å². The fourth-order valence-corrected chi connectivity index (χ4v) is 5.87. The van der Waals surface area contributed by atoms with Crippen molar-refractivity contribution >= 4 is 29.5 Å². The first kappa shape index (κ1) is 26.7. The number of aliphatic hydroxyl groups is 1. The van der Waals surface area contributed by atoms with E-state index in [1.807, 2.05) is 88.5 Å². The number of carbonyl (C=O) groups excluding carboxylic acids is 2. The number of β-lactam (4-membered cyclic amide) rings is 1. The first-order valence-corrected chi connectivity index (χ1v) is 12.4. The first-order chi connectivity index (χ1) is 16.6. The Labute approximate surface area is 210 Å². The highest BCUT2D eigenvalue weighted by molar-refractivity contribution is 8.01. The Bertz CT molecular complexity index is 1030. The average Bonchev–Trinajstić information content (AvgIpc) is 3.11. The Hall–Kier alpha value is -2.88. The largest absolute Gasteiger partial charge is 0.480 e. The van der Waals surface area contributed by atoms with Crippen LogP contribution in [0.1, 0.15) is 38.0 Å². The predicted molar refractivity (Wildman–Crippen MR) is 136 cm³/mol. The number of nitrogens with one attached hydrogen (secondary N) is 2. The van der Waals surface area contributed by atoms with E-state index in [1.54, 1.807) is 0 Å². The average molecular weight is 500 g/mol. The number of nitrogens with zero attached hydrogens (tertiary/aromatic N) is 1. The van der Waals surface area contributed by atoms with Gasteiger partial charge in [-0.3, -0.25) is 9.59 Å². The number of thioether (sulfide) groups is 1. The maximum absolute atomic E-state index is 12.3. The molecule has 2 amide bonds. The summed E-state index contributed by atoms with van der Waals surface area (Å²) in [4.78, 5) is 37.2. The number of carboxylic acid groups (broad SMARTS) is 1. The van der Waals surface area contributed by atoms with E-state index in [0.29, 0.717) is 0 Å². The minimum Gasteiger partial charge on any atom is -0.480 e. The van der Waals surface area contributed by atoms with Gasteiger partial charge in [0.2, 0.25) is 11.8 Å². The third-order valence-electron chi connectivity index (χ3n) is 6.27. The van der Waals surface area contributed by atoms with Crippen LogP contribution in [0.25, 0.3) is 0 Å². The Balaban J connectivity index is 0.000000241. The number of carboxylic acids is 1. The SMILES string of the molecule is CC1(C)S[C@@H]2[C@H](NC(=O)Cc3ccccc3)C(=O)N2[C@H]1C(=O)O.CN[C@@H](C)[C@H](O)c1ccccc1. The van der Waals surface area contributed by atoms with E-state index in [0.717, 1.165) is 11.1 Å². The van der Waals surface area contributed by atoms with Crippen molar-refractivity contribution in [2.75, 3.05) is 7.05 Å². The monoisotopic (exact) mass is 499 g/mol. The summed E-state index contributed by atoms with van der Waals surface area (Å²) in [6.07, 6.45) is -0.218. The van der Waals surface area contributed by atoms with E-state index in [2.05, 4.69) is 10.6 Å². The van der Waals surface area contributed by atoms with Crippen molar-refractivity contribution in [3.05, 3.63) is 71.8 Å². The summed E-state index contributed by atoms with van der Waals surface area (Å²) in [5.74, 6) is -1.55. The van der Waals surface area contributed by atoms with Crippen LogP contribution in [0.3, 0.4) is 0 Å². The second kappa shape index (κ2) is 11.2. The van der Waals surface area contributed by atoms with Crippen LogP contribution in [0.2, 0.25) is 0 Å². The third-order valence-corrected chi connectivity index (χ3v) is 7.84. The van der Waals surface area contributed by atoms with Crippen LogP contribution < -0.4 is 10.6 Å². The fraction of sp³-hybridized carbons (Fsp3) is 0.423. The van der Waals surface area contributed by atoms with Gasteiger partial charge in [0.05, 0.1) is 12.5 Å². The number of aliphatic carboxylic acids is 1. The zero-order valence-corrected chi connectivity index (χ0v) is 21.2. The number of likely N-dealkylation sites (N-methyl/N-ethyl adjacent to an activating group) is 1. The molecule has 8 nitrogen and oxygen atoms in total. The molecule has 2 fully saturated rings. The lowest BCUT2D eigenvalue weighted by Crippen LogP contribution is -2.70. The lowest BCUT2D eigenvalue weighted by atomic mass is 9.96. The normalized spacial score (nSPS) is 23.7. The second-order valence-electron chi connectivity index (χ2n) is 9.24. The van der Waals surface area contributed by atoms with Gasteiger partial charge < -0.3 is 25.7 Å². The molecule has 188 valence electrons. The van der Waals surface area contributed by atoms with Crippen LogP contribution in [0, 0.1) is 0 Å². The Morgan fingerprint density at radius 3 is 2.20 bits per heavy atom. The summed E-state index contributed by atoms with van der Waals surface area (Å²) in [5.41, 5.74) is 1.83. The standard InChI is InChI=1S/C16H18N2O4S.C10H15NO/c1-16(2)12(15(21)22)18-13(20)11(14(18)23-16)17-10(19)8-9-6-4-3-5-7-9;1-8(11-2)10(12)9-6-4-3-5-7-9/h3-7,11-12,14H,8H2,1-2H3,(H,17,19)(H,21,22);3-8,10-12H,1-2H3/t11-,12+,14-;8-,10-/m10/s1. The van der Waals surface area contributed by atoms with E-state index in [4.69, 9.17) is 0 Å². The fourth-order valence-electron chi connectivity index (χ4n) is 4.25. The number of aliphatic hydroxyl groups excluding tert-OH is 1.